The highest BCUT2D eigenvalue weighted by Crippen LogP contribution is 2.09. The zero-order valence-electron chi connectivity index (χ0n) is 18.4. The number of rotatable bonds is 14. The molecule has 5 atom stereocenters. The van der Waals surface area contributed by atoms with E-state index in [-0.39, 0.29) is 12.2 Å². The van der Waals surface area contributed by atoms with Crippen molar-refractivity contribution in [2.24, 2.45) is 17.4 Å². The lowest BCUT2D eigenvalue weighted by atomic mass is 9.98. The lowest BCUT2D eigenvalue weighted by Crippen LogP contribution is -2.59. The standard InChI is InChI=1S/C19H31N7O6S/c1-3-9(2)15(19(31)32)26-17(29)12(5-14(21)27)24-18(30)13(7-33)25-16(28)11(20)4-10-6-22-8-23-10/h6,8-9,11-13,15,33H,3-5,7,20H2,1-2H3,(H2,21,27)(H,22,23)(H,24,30)(H,25,28)(H,26,29)(H,31,32). The van der Waals surface area contributed by atoms with E-state index in [1.165, 1.54) is 12.5 Å². The number of nitrogens with one attached hydrogen (secondary N) is 4. The molecule has 0 saturated heterocycles. The minimum absolute atomic E-state index is 0.135. The van der Waals surface area contributed by atoms with Gasteiger partial charge in [-0.05, 0) is 5.92 Å². The molecule has 1 rings (SSSR count). The van der Waals surface area contributed by atoms with Crippen LogP contribution >= 0.6 is 12.6 Å². The number of H-pyrrole nitrogens is 1. The van der Waals surface area contributed by atoms with Gasteiger partial charge >= 0.3 is 5.97 Å². The Labute approximate surface area is 196 Å². The van der Waals surface area contributed by atoms with E-state index in [2.05, 4.69) is 38.5 Å². The van der Waals surface area contributed by atoms with E-state index in [9.17, 15) is 29.1 Å². The molecule has 0 spiro atoms. The van der Waals surface area contributed by atoms with Crippen molar-refractivity contribution in [1.29, 1.82) is 0 Å². The topological polar surface area (TPSA) is 222 Å². The Morgan fingerprint density at radius 1 is 1.12 bits per heavy atom. The van der Waals surface area contributed by atoms with Crippen molar-refractivity contribution in [1.82, 2.24) is 25.9 Å². The number of amides is 4. The fourth-order valence-electron chi connectivity index (χ4n) is 2.82. The number of imidazole rings is 1. The molecule has 0 saturated carbocycles. The number of primary amides is 1. The van der Waals surface area contributed by atoms with Gasteiger partial charge in [-0.2, -0.15) is 12.6 Å². The van der Waals surface area contributed by atoms with Crippen LogP contribution in [0.1, 0.15) is 32.4 Å². The number of carbonyl (C=O) groups excluding carboxylic acids is 4. The molecular formula is C19H31N7O6S. The Hall–Kier alpha value is -3.13. The van der Waals surface area contributed by atoms with Crippen molar-refractivity contribution >= 4 is 42.2 Å². The van der Waals surface area contributed by atoms with Gasteiger partial charge in [0.15, 0.2) is 0 Å². The van der Waals surface area contributed by atoms with Crippen molar-refractivity contribution in [2.75, 3.05) is 5.75 Å². The SMILES string of the molecule is CCC(C)C(NC(=O)C(CC(N)=O)NC(=O)C(CS)NC(=O)C(N)Cc1cnc[nH]1)C(=O)O. The fraction of sp³-hybridized carbons (Fsp3) is 0.579. The number of aromatic amines is 1. The summed E-state index contributed by atoms with van der Waals surface area (Å²) >= 11 is 4.05. The van der Waals surface area contributed by atoms with Crippen LogP contribution in [-0.4, -0.2) is 74.6 Å². The van der Waals surface area contributed by atoms with Gasteiger partial charge < -0.3 is 37.5 Å². The third-order valence-electron chi connectivity index (χ3n) is 4.96. The summed E-state index contributed by atoms with van der Waals surface area (Å²) < 4.78 is 0. The van der Waals surface area contributed by atoms with Crippen LogP contribution in [0.2, 0.25) is 0 Å². The normalized spacial score (nSPS) is 15.4. The predicted octanol–water partition coefficient (Wildman–Crippen LogP) is -2.33. The minimum Gasteiger partial charge on any atom is -0.480 e. The smallest absolute Gasteiger partial charge is 0.326 e. The second kappa shape index (κ2) is 13.4. The number of aliphatic carboxylic acids is 1. The van der Waals surface area contributed by atoms with E-state index in [0.717, 1.165) is 0 Å². The maximum absolute atomic E-state index is 12.7. The largest absolute Gasteiger partial charge is 0.480 e. The Morgan fingerprint density at radius 3 is 2.21 bits per heavy atom. The zero-order chi connectivity index (χ0) is 25.1. The Bertz CT molecular complexity index is 835. The van der Waals surface area contributed by atoms with Crippen molar-refractivity contribution in [3.63, 3.8) is 0 Å². The first-order valence-electron chi connectivity index (χ1n) is 10.3. The third kappa shape index (κ3) is 9.10. The first-order valence-corrected chi connectivity index (χ1v) is 10.9. The highest BCUT2D eigenvalue weighted by molar-refractivity contribution is 7.80. The molecule has 9 N–H and O–H groups in total. The van der Waals surface area contributed by atoms with E-state index in [1.54, 1.807) is 13.8 Å². The first-order chi connectivity index (χ1) is 15.5. The molecule has 0 fully saturated rings. The zero-order valence-corrected chi connectivity index (χ0v) is 19.3. The van der Waals surface area contributed by atoms with Gasteiger partial charge in [-0.1, -0.05) is 20.3 Å². The molecule has 5 unspecified atom stereocenters. The second-order valence-electron chi connectivity index (χ2n) is 7.57. The molecule has 1 aromatic rings. The molecule has 1 aromatic heterocycles. The number of hydrogen-bond donors (Lipinski definition) is 8. The number of thiol groups is 1. The van der Waals surface area contributed by atoms with Crippen LogP contribution in [0.5, 0.6) is 0 Å². The third-order valence-corrected chi connectivity index (χ3v) is 5.33. The minimum atomic E-state index is -1.45. The lowest BCUT2D eigenvalue weighted by Gasteiger charge is -2.25. The van der Waals surface area contributed by atoms with Gasteiger partial charge in [-0.15, -0.1) is 0 Å². The van der Waals surface area contributed by atoms with Gasteiger partial charge in [0.1, 0.15) is 18.1 Å². The fourth-order valence-corrected chi connectivity index (χ4v) is 3.08. The first kappa shape index (κ1) is 27.9. The van der Waals surface area contributed by atoms with Crippen LogP contribution in [0.15, 0.2) is 12.5 Å². The molecular weight excluding hydrogens is 454 g/mol. The van der Waals surface area contributed by atoms with Crippen molar-refractivity contribution in [2.45, 2.75) is 57.3 Å². The summed E-state index contributed by atoms with van der Waals surface area (Å²) in [6, 6.07) is -4.84. The summed E-state index contributed by atoms with van der Waals surface area (Å²) in [5, 5.41) is 16.4. The predicted molar refractivity (Wildman–Crippen MR) is 121 cm³/mol. The molecule has 0 aliphatic heterocycles. The van der Waals surface area contributed by atoms with Crippen molar-refractivity contribution in [3.8, 4) is 0 Å². The highest BCUT2D eigenvalue weighted by atomic mass is 32.1. The number of carboxylic acids is 1. The highest BCUT2D eigenvalue weighted by Gasteiger charge is 2.32. The van der Waals surface area contributed by atoms with Crippen LogP contribution in [0, 0.1) is 5.92 Å². The van der Waals surface area contributed by atoms with Gasteiger partial charge in [0.2, 0.25) is 23.6 Å². The van der Waals surface area contributed by atoms with Crippen LogP contribution in [0.25, 0.3) is 0 Å². The summed E-state index contributed by atoms with van der Waals surface area (Å²) in [5.41, 5.74) is 11.7. The van der Waals surface area contributed by atoms with E-state index < -0.39 is 66.1 Å². The second-order valence-corrected chi connectivity index (χ2v) is 7.94. The van der Waals surface area contributed by atoms with Gasteiger partial charge in [-0.3, -0.25) is 19.2 Å². The average Bonchev–Trinajstić information content (AvgIpc) is 3.26. The van der Waals surface area contributed by atoms with Gasteiger partial charge in [0, 0.05) is 24.1 Å². The number of aromatic nitrogens is 2. The molecule has 0 aliphatic carbocycles. The number of hydrogen-bond acceptors (Lipinski definition) is 8. The summed E-state index contributed by atoms with van der Waals surface area (Å²) in [6.07, 6.45) is 2.98. The van der Waals surface area contributed by atoms with Gasteiger partial charge in [0.05, 0.1) is 18.8 Å². The molecule has 33 heavy (non-hydrogen) atoms. The average molecular weight is 486 g/mol. The monoisotopic (exact) mass is 485 g/mol. The number of nitrogens with two attached hydrogens (primary N) is 2. The number of carboxylic acid groups (broad SMARTS) is 1. The van der Waals surface area contributed by atoms with Gasteiger partial charge in [0.25, 0.3) is 0 Å². The maximum atomic E-state index is 12.7. The summed E-state index contributed by atoms with van der Waals surface area (Å²) in [5.74, 6) is -5.04. The number of carbonyl (C=O) groups is 5. The van der Waals surface area contributed by atoms with Crippen LogP contribution in [0.3, 0.4) is 0 Å². The quantitative estimate of drug-likeness (QED) is 0.133. The molecule has 4 amide bonds. The summed E-state index contributed by atoms with van der Waals surface area (Å²) in [7, 11) is 0. The molecule has 1 heterocycles. The summed E-state index contributed by atoms with van der Waals surface area (Å²) in [6.45, 7) is 3.39. The Morgan fingerprint density at radius 2 is 1.73 bits per heavy atom. The van der Waals surface area contributed by atoms with Crippen LogP contribution in [0.4, 0.5) is 0 Å². The van der Waals surface area contributed by atoms with E-state index in [1.807, 2.05) is 0 Å². The molecule has 0 aromatic carbocycles. The molecule has 0 radical (unpaired) electrons. The summed E-state index contributed by atoms with van der Waals surface area (Å²) in [4.78, 5) is 67.2. The Kier molecular flexibility index (Phi) is 11.4. The van der Waals surface area contributed by atoms with E-state index >= 15 is 0 Å². The molecule has 13 nitrogen and oxygen atoms in total. The maximum Gasteiger partial charge on any atom is 0.326 e. The number of nitrogens with zero attached hydrogens (tertiary/aromatic N) is 1. The van der Waals surface area contributed by atoms with Gasteiger partial charge in [-0.25, -0.2) is 9.78 Å². The van der Waals surface area contributed by atoms with Crippen LogP contribution < -0.4 is 27.4 Å². The Balaban J connectivity index is 2.85. The molecule has 0 bridgehead atoms. The van der Waals surface area contributed by atoms with Crippen molar-refractivity contribution < 1.29 is 29.1 Å². The van der Waals surface area contributed by atoms with Crippen LogP contribution in [-0.2, 0) is 30.4 Å². The van der Waals surface area contributed by atoms with E-state index in [0.29, 0.717) is 12.1 Å². The molecule has 184 valence electrons. The van der Waals surface area contributed by atoms with Crippen molar-refractivity contribution in [3.05, 3.63) is 18.2 Å². The lowest BCUT2D eigenvalue weighted by molar-refractivity contribution is -0.144. The molecule has 0 aliphatic rings. The molecule has 14 heteroatoms. The van der Waals surface area contributed by atoms with E-state index in [4.69, 9.17) is 11.5 Å².